The first-order chi connectivity index (χ1) is 16.0. The largest absolute Gasteiger partial charge is 0.483 e. The summed E-state index contributed by atoms with van der Waals surface area (Å²) in [7, 11) is 2.04. The van der Waals surface area contributed by atoms with Crippen molar-refractivity contribution in [3.8, 4) is 5.75 Å². The molecule has 1 aromatic rings. The van der Waals surface area contributed by atoms with Crippen LogP contribution in [0.5, 0.6) is 5.75 Å². The van der Waals surface area contributed by atoms with E-state index in [1.165, 1.54) is 0 Å². The number of benzene rings is 1. The maximum Gasteiger partial charge on any atom is 0.255 e. The molecule has 1 aliphatic heterocycles. The zero-order valence-corrected chi connectivity index (χ0v) is 21.4. The van der Waals surface area contributed by atoms with Crippen LogP contribution in [0.4, 0.5) is 0 Å². The second-order valence-corrected chi connectivity index (χ2v) is 10.8. The molecule has 0 unspecified atom stereocenters. The Morgan fingerprint density at radius 1 is 1.18 bits per heavy atom. The van der Waals surface area contributed by atoms with Gasteiger partial charge in [0.25, 0.3) is 5.91 Å². The van der Waals surface area contributed by atoms with Gasteiger partial charge in [-0.2, -0.15) is 0 Å². The van der Waals surface area contributed by atoms with Gasteiger partial charge in [0, 0.05) is 57.3 Å². The number of aliphatic hydroxyl groups excluding tert-OH is 1. The van der Waals surface area contributed by atoms with E-state index in [0.717, 1.165) is 56.6 Å². The molecule has 3 rings (SSSR count). The van der Waals surface area contributed by atoms with Crippen molar-refractivity contribution in [1.82, 2.24) is 14.7 Å². The molecular weight excluding hydrogens is 432 g/mol. The summed E-state index contributed by atoms with van der Waals surface area (Å²) < 4.78 is 5.79. The van der Waals surface area contributed by atoms with E-state index in [9.17, 15) is 14.7 Å². The maximum atomic E-state index is 11.7. The van der Waals surface area contributed by atoms with Crippen LogP contribution in [0.3, 0.4) is 0 Å². The van der Waals surface area contributed by atoms with Crippen LogP contribution in [-0.4, -0.2) is 89.6 Å². The Bertz CT molecular complexity index is 861. The Balaban J connectivity index is 1.71. The average molecular weight is 475 g/mol. The lowest BCUT2D eigenvalue weighted by atomic mass is 9.85. The monoisotopic (exact) mass is 474 g/mol. The smallest absolute Gasteiger partial charge is 0.255 e. The molecule has 0 aromatic heterocycles. The number of carbonyl (C=O) groups is 2. The minimum atomic E-state index is -0.504. The fraction of sp³-hybridized carbons (Fsp3) is 0.692. The van der Waals surface area contributed by atoms with E-state index in [0.29, 0.717) is 12.3 Å². The molecule has 1 aliphatic carbocycles. The van der Waals surface area contributed by atoms with Gasteiger partial charge < -0.3 is 20.5 Å². The number of amides is 2. The fourth-order valence-corrected chi connectivity index (χ4v) is 5.20. The first-order valence-electron chi connectivity index (χ1n) is 12.4. The molecule has 0 spiro atoms. The Morgan fingerprint density at radius 3 is 2.44 bits per heavy atom. The van der Waals surface area contributed by atoms with Crippen LogP contribution in [0.15, 0.2) is 18.2 Å². The van der Waals surface area contributed by atoms with Crippen molar-refractivity contribution in [2.75, 3.05) is 39.8 Å². The van der Waals surface area contributed by atoms with Gasteiger partial charge in [0.05, 0.1) is 6.10 Å². The number of likely N-dealkylation sites (N-methyl/N-ethyl adjacent to an activating group) is 1. The van der Waals surface area contributed by atoms with Gasteiger partial charge in [-0.15, -0.1) is 0 Å². The summed E-state index contributed by atoms with van der Waals surface area (Å²) in [6.07, 6.45) is 2.49. The van der Waals surface area contributed by atoms with Crippen LogP contribution in [-0.2, 0) is 21.5 Å². The van der Waals surface area contributed by atoms with Gasteiger partial charge in [-0.05, 0) is 36.9 Å². The highest BCUT2D eigenvalue weighted by Crippen LogP contribution is 2.32. The van der Waals surface area contributed by atoms with Gasteiger partial charge >= 0.3 is 0 Å². The van der Waals surface area contributed by atoms with E-state index in [2.05, 4.69) is 42.7 Å². The molecule has 8 heteroatoms. The van der Waals surface area contributed by atoms with Crippen molar-refractivity contribution in [2.45, 2.75) is 77.1 Å². The predicted molar refractivity (Wildman–Crippen MR) is 133 cm³/mol. The minimum absolute atomic E-state index is 0.0240. The molecule has 0 bridgehead atoms. The van der Waals surface area contributed by atoms with Gasteiger partial charge in [0.15, 0.2) is 6.61 Å². The summed E-state index contributed by atoms with van der Waals surface area (Å²) in [6.45, 7) is 11.5. The molecule has 2 amide bonds. The molecule has 3 atom stereocenters. The molecule has 1 heterocycles. The van der Waals surface area contributed by atoms with Gasteiger partial charge in [-0.3, -0.25) is 19.4 Å². The summed E-state index contributed by atoms with van der Waals surface area (Å²) in [4.78, 5) is 29.4. The number of aliphatic hydroxyl groups is 1. The van der Waals surface area contributed by atoms with Crippen molar-refractivity contribution in [2.24, 2.45) is 5.73 Å². The number of carbonyl (C=O) groups excluding carboxylic acids is 2. The predicted octanol–water partition coefficient (Wildman–Crippen LogP) is 1.73. The lowest BCUT2D eigenvalue weighted by Crippen LogP contribution is -2.60. The summed E-state index contributed by atoms with van der Waals surface area (Å²) in [5.41, 5.74) is 7.38. The third-order valence-electron chi connectivity index (χ3n) is 7.31. The Hall–Kier alpha value is -2.16. The van der Waals surface area contributed by atoms with Gasteiger partial charge in [-0.1, -0.05) is 39.3 Å². The number of ether oxygens (including phenoxy) is 1. The highest BCUT2D eigenvalue weighted by Gasteiger charge is 2.38. The first-order valence-corrected chi connectivity index (χ1v) is 12.4. The number of hydrogen-bond acceptors (Lipinski definition) is 6. The Labute approximate surface area is 204 Å². The number of nitrogens with two attached hydrogens (primary N) is 1. The molecule has 2 fully saturated rings. The molecule has 1 aromatic carbocycles. The molecule has 1 saturated heterocycles. The lowest BCUT2D eigenvalue weighted by molar-refractivity contribution is -0.131. The van der Waals surface area contributed by atoms with Crippen molar-refractivity contribution in [3.63, 3.8) is 0 Å². The van der Waals surface area contributed by atoms with E-state index in [1.807, 2.05) is 18.0 Å². The van der Waals surface area contributed by atoms with Gasteiger partial charge in [-0.25, -0.2) is 0 Å². The molecular formula is C26H42N4O4. The standard InChI is InChI=1S/C26H42N4O4/c1-18(31)29-11-13-30(14-12-29)22-8-6-7-21(25(22)33)28(5)16-19-9-10-20(26(2,3)4)15-23(19)34-17-24(27)32/h9-10,15,21-22,25,33H,6-8,11-14,16-17H2,1-5H3,(H2,27,32)/t21-,22-,25-/m1/s1. The van der Waals surface area contributed by atoms with E-state index >= 15 is 0 Å². The zero-order chi connectivity index (χ0) is 25.0. The maximum absolute atomic E-state index is 11.7. The fourth-order valence-electron chi connectivity index (χ4n) is 5.20. The highest BCUT2D eigenvalue weighted by atomic mass is 16.5. The second-order valence-electron chi connectivity index (χ2n) is 10.8. The second kappa shape index (κ2) is 11.1. The number of primary amides is 1. The number of hydrogen-bond donors (Lipinski definition) is 2. The van der Waals surface area contributed by atoms with Gasteiger partial charge in [0.1, 0.15) is 5.75 Å². The minimum Gasteiger partial charge on any atom is -0.483 e. The van der Waals surface area contributed by atoms with Crippen LogP contribution >= 0.6 is 0 Å². The first kappa shape index (κ1) is 26.4. The zero-order valence-electron chi connectivity index (χ0n) is 21.4. The van der Waals surface area contributed by atoms with Gasteiger partial charge in [0.2, 0.25) is 5.91 Å². The molecule has 0 radical (unpaired) electrons. The molecule has 34 heavy (non-hydrogen) atoms. The quantitative estimate of drug-likeness (QED) is 0.624. The highest BCUT2D eigenvalue weighted by molar-refractivity contribution is 5.75. The Kier molecular flexibility index (Phi) is 8.60. The molecule has 8 nitrogen and oxygen atoms in total. The summed E-state index contributed by atoms with van der Waals surface area (Å²) in [6, 6.07) is 6.29. The molecule has 3 N–H and O–H groups in total. The van der Waals surface area contributed by atoms with Crippen LogP contribution in [0.1, 0.15) is 58.1 Å². The van der Waals surface area contributed by atoms with Crippen LogP contribution in [0.2, 0.25) is 0 Å². The van der Waals surface area contributed by atoms with Crippen LogP contribution in [0.25, 0.3) is 0 Å². The normalized spacial score (nSPS) is 24.3. The Morgan fingerprint density at radius 2 is 1.85 bits per heavy atom. The van der Waals surface area contributed by atoms with Crippen molar-refractivity contribution >= 4 is 11.8 Å². The third kappa shape index (κ3) is 6.49. The average Bonchev–Trinajstić information content (AvgIpc) is 2.77. The van der Waals surface area contributed by atoms with E-state index < -0.39 is 12.0 Å². The lowest BCUT2D eigenvalue weighted by Gasteiger charge is -2.46. The van der Waals surface area contributed by atoms with E-state index in [-0.39, 0.29) is 30.0 Å². The number of rotatable bonds is 7. The van der Waals surface area contributed by atoms with Crippen molar-refractivity contribution in [3.05, 3.63) is 29.3 Å². The number of piperazine rings is 1. The summed E-state index contributed by atoms with van der Waals surface area (Å²) in [5, 5.41) is 11.3. The third-order valence-corrected chi connectivity index (χ3v) is 7.31. The molecule has 190 valence electrons. The molecule has 1 saturated carbocycles. The summed E-state index contributed by atoms with van der Waals surface area (Å²) in [5.74, 6) is 0.282. The topological polar surface area (TPSA) is 99.3 Å². The summed E-state index contributed by atoms with van der Waals surface area (Å²) >= 11 is 0. The molecule has 2 aliphatic rings. The van der Waals surface area contributed by atoms with E-state index in [1.54, 1.807) is 6.92 Å². The SMILES string of the molecule is CC(=O)N1CCN([C@@H]2CCC[C@@H](N(C)Cc3ccc(C(C)(C)C)cc3OCC(N)=O)[C@H]2O)CC1. The number of nitrogens with zero attached hydrogens (tertiary/aromatic N) is 3. The van der Waals surface area contributed by atoms with Crippen molar-refractivity contribution < 1.29 is 19.4 Å². The van der Waals surface area contributed by atoms with E-state index in [4.69, 9.17) is 10.5 Å². The van der Waals surface area contributed by atoms with Crippen LogP contribution in [0, 0.1) is 0 Å². The van der Waals surface area contributed by atoms with Crippen LogP contribution < -0.4 is 10.5 Å². The van der Waals surface area contributed by atoms with Crippen molar-refractivity contribution in [1.29, 1.82) is 0 Å².